The van der Waals surface area contributed by atoms with Crippen LogP contribution in [0.4, 0.5) is 17.1 Å². The number of benzene rings is 3. The number of para-hydroxylation sites is 1. The third kappa shape index (κ3) is 5.51. The molecule has 0 radical (unpaired) electrons. The molecule has 1 aromatic heterocycles. The highest BCUT2D eigenvalue weighted by Gasteiger charge is 2.34. The molecule has 2 heterocycles. The molecule has 3 aromatic carbocycles. The van der Waals surface area contributed by atoms with Gasteiger partial charge in [0.1, 0.15) is 0 Å². The SMILES string of the molecule is Cc1c(N=C2S/C(=C\c3ccc([N+](=O)[O-])cc3)C(=O)N2/N=C/c2ccc([N+](=O)[O-])cc2)c(=O)n(-c2ccccc2)n1C. The van der Waals surface area contributed by atoms with Crippen LogP contribution < -0.4 is 5.56 Å². The lowest BCUT2D eigenvalue weighted by atomic mass is 10.2. The van der Waals surface area contributed by atoms with Gasteiger partial charge in [0.05, 0.1) is 32.3 Å². The van der Waals surface area contributed by atoms with E-state index in [1.807, 2.05) is 18.2 Å². The number of nitro groups is 2. The summed E-state index contributed by atoms with van der Waals surface area (Å²) in [6.45, 7) is 1.74. The van der Waals surface area contributed by atoms with E-state index in [4.69, 9.17) is 0 Å². The minimum Gasteiger partial charge on any atom is -0.283 e. The number of hydrazone groups is 1. The fourth-order valence-corrected chi connectivity index (χ4v) is 4.99. The summed E-state index contributed by atoms with van der Waals surface area (Å²) in [5.74, 6) is -0.535. The topological polar surface area (TPSA) is 158 Å². The second kappa shape index (κ2) is 11.5. The summed E-state index contributed by atoms with van der Waals surface area (Å²) in [4.78, 5) is 52.7. The van der Waals surface area contributed by atoms with Crippen molar-refractivity contribution in [1.29, 1.82) is 0 Å². The van der Waals surface area contributed by atoms with Crippen molar-refractivity contribution in [3.63, 3.8) is 0 Å². The lowest BCUT2D eigenvalue weighted by Crippen LogP contribution is -2.24. The van der Waals surface area contributed by atoms with Gasteiger partial charge >= 0.3 is 0 Å². The van der Waals surface area contributed by atoms with Crippen LogP contribution in [-0.4, -0.2) is 41.5 Å². The van der Waals surface area contributed by atoms with Gasteiger partial charge in [-0.1, -0.05) is 18.2 Å². The maximum atomic E-state index is 13.5. The molecule has 0 bridgehead atoms. The van der Waals surface area contributed by atoms with Crippen LogP contribution in [0.1, 0.15) is 16.8 Å². The van der Waals surface area contributed by atoms with Crippen molar-refractivity contribution in [3.8, 4) is 5.69 Å². The van der Waals surface area contributed by atoms with Crippen molar-refractivity contribution < 1.29 is 14.6 Å². The molecular formula is C28H21N7O6S. The average Bonchev–Trinajstić information content (AvgIpc) is 3.39. The highest BCUT2D eigenvalue weighted by Crippen LogP contribution is 2.35. The molecule has 0 unspecified atom stereocenters. The Bertz CT molecular complexity index is 1860. The molecule has 0 N–H and O–H groups in total. The third-order valence-electron chi connectivity index (χ3n) is 6.34. The number of amides is 1. The van der Waals surface area contributed by atoms with Crippen LogP contribution in [0.3, 0.4) is 0 Å². The van der Waals surface area contributed by atoms with Crippen molar-refractivity contribution >= 4 is 52.2 Å². The number of aromatic nitrogens is 2. The van der Waals surface area contributed by atoms with E-state index in [-0.39, 0.29) is 27.1 Å². The van der Waals surface area contributed by atoms with Crippen molar-refractivity contribution in [2.45, 2.75) is 6.92 Å². The van der Waals surface area contributed by atoms with Crippen LogP contribution >= 0.6 is 11.8 Å². The van der Waals surface area contributed by atoms with Gasteiger partial charge in [-0.05, 0) is 72.3 Å². The van der Waals surface area contributed by atoms with Crippen molar-refractivity contribution in [1.82, 2.24) is 14.4 Å². The van der Waals surface area contributed by atoms with Gasteiger partial charge in [-0.25, -0.2) is 9.67 Å². The van der Waals surface area contributed by atoms with Crippen LogP contribution in [0.5, 0.6) is 0 Å². The van der Waals surface area contributed by atoms with E-state index < -0.39 is 21.3 Å². The predicted octanol–water partition coefficient (Wildman–Crippen LogP) is 4.94. The number of hydrogen-bond acceptors (Lipinski definition) is 9. The molecule has 210 valence electrons. The van der Waals surface area contributed by atoms with E-state index in [9.17, 15) is 29.8 Å². The fraction of sp³-hybridized carbons (Fsp3) is 0.0714. The summed E-state index contributed by atoms with van der Waals surface area (Å²) in [6.07, 6.45) is 2.90. The molecule has 42 heavy (non-hydrogen) atoms. The molecule has 0 saturated carbocycles. The highest BCUT2D eigenvalue weighted by molar-refractivity contribution is 8.18. The first-order chi connectivity index (χ1) is 20.1. The van der Waals surface area contributed by atoms with Gasteiger partial charge in [-0.15, -0.1) is 0 Å². The number of carbonyl (C=O) groups is 1. The summed E-state index contributed by atoms with van der Waals surface area (Å²) in [5.41, 5.74) is 1.76. The fourth-order valence-electron chi connectivity index (χ4n) is 4.07. The molecule has 0 atom stereocenters. The Balaban J connectivity index is 1.56. The summed E-state index contributed by atoms with van der Waals surface area (Å²) < 4.78 is 3.13. The van der Waals surface area contributed by atoms with E-state index in [0.717, 1.165) is 16.8 Å². The zero-order chi connectivity index (χ0) is 30.0. The van der Waals surface area contributed by atoms with Gasteiger partial charge < -0.3 is 0 Å². The first-order valence-corrected chi connectivity index (χ1v) is 13.2. The smallest absolute Gasteiger partial charge is 0.283 e. The molecule has 5 rings (SSSR count). The molecule has 4 aromatic rings. The maximum Gasteiger partial charge on any atom is 0.297 e. The molecule has 13 nitrogen and oxygen atoms in total. The van der Waals surface area contributed by atoms with Gasteiger partial charge in [0.2, 0.25) is 0 Å². The Hall–Kier alpha value is -5.63. The molecule has 0 spiro atoms. The van der Waals surface area contributed by atoms with Crippen LogP contribution in [0, 0.1) is 27.2 Å². The van der Waals surface area contributed by atoms with Gasteiger partial charge in [0.15, 0.2) is 10.9 Å². The van der Waals surface area contributed by atoms with Gasteiger partial charge in [-0.3, -0.25) is 34.5 Å². The van der Waals surface area contributed by atoms with Crippen LogP contribution in [0.15, 0.2) is 98.7 Å². The standard InChI is InChI=1S/C28H21N7O6S/c1-18-25(27(37)33(31(18)2)21-6-4-3-5-7-21)30-28-32(29-17-20-10-14-23(15-11-20)35(40)41)26(36)24(42-28)16-19-8-12-22(13-9-19)34(38)39/h3-17H,1-2H3/b24-16-,29-17+,30-28?. The van der Waals surface area contributed by atoms with Crippen molar-refractivity contribution in [2.75, 3.05) is 0 Å². The Morgan fingerprint density at radius 3 is 1.98 bits per heavy atom. The molecule has 1 aliphatic rings. The van der Waals surface area contributed by atoms with E-state index in [1.54, 1.807) is 36.9 Å². The van der Waals surface area contributed by atoms with E-state index >= 15 is 0 Å². The second-order valence-corrected chi connectivity index (χ2v) is 9.98. The minimum absolute atomic E-state index is 0.0895. The van der Waals surface area contributed by atoms with Gasteiger partial charge in [0, 0.05) is 31.3 Å². The molecule has 1 aliphatic heterocycles. The number of nitro benzene ring substituents is 2. The molecule has 1 saturated heterocycles. The zero-order valence-corrected chi connectivity index (χ0v) is 23.0. The van der Waals surface area contributed by atoms with Crippen molar-refractivity contribution in [3.05, 3.63) is 131 Å². The lowest BCUT2D eigenvalue weighted by molar-refractivity contribution is -0.385. The monoisotopic (exact) mass is 583 g/mol. The average molecular weight is 584 g/mol. The van der Waals surface area contributed by atoms with Crippen LogP contribution in [0.25, 0.3) is 11.8 Å². The number of non-ortho nitro benzene ring substituents is 2. The minimum atomic E-state index is -0.535. The van der Waals surface area contributed by atoms with E-state index in [1.165, 1.54) is 59.4 Å². The Morgan fingerprint density at radius 1 is 0.833 bits per heavy atom. The Kier molecular flexibility index (Phi) is 7.62. The molecule has 14 heteroatoms. The Labute approximate surface area is 242 Å². The molecule has 1 fully saturated rings. The largest absolute Gasteiger partial charge is 0.297 e. The molecule has 1 amide bonds. The van der Waals surface area contributed by atoms with E-state index in [2.05, 4.69) is 10.1 Å². The first-order valence-electron chi connectivity index (χ1n) is 12.3. The molecular weight excluding hydrogens is 562 g/mol. The maximum absolute atomic E-state index is 13.5. The van der Waals surface area contributed by atoms with E-state index in [0.29, 0.717) is 22.5 Å². The quantitative estimate of drug-likeness (QED) is 0.129. The van der Waals surface area contributed by atoms with Crippen molar-refractivity contribution in [2.24, 2.45) is 17.1 Å². The normalized spacial score (nSPS) is 15.3. The number of nitrogens with zero attached hydrogens (tertiary/aromatic N) is 7. The zero-order valence-electron chi connectivity index (χ0n) is 22.1. The second-order valence-electron chi connectivity index (χ2n) is 8.97. The highest BCUT2D eigenvalue weighted by atomic mass is 32.2. The lowest BCUT2D eigenvalue weighted by Gasteiger charge is -2.08. The Morgan fingerprint density at radius 2 is 1.40 bits per heavy atom. The number of rotatable bonds is 7. The molecule has 0 aliphatic carbocycles. The summed E-state index contributed by atoms with van der Waals surface area (Å²) >= 11 is 0.990. The first kappa shape index (κ1) is 27.9. The number of thioether (sulfide) groups is 1. The van der Waals surface area contributed by atoms with Gasteiger partial charge in [0.25, 0.3) is 22.8 Å². The third-order valence-corrected chi connectivity index (χ3v) is 7.30. The van der Waals surface area contributed by atoms with Crippen LogP contribution in [0.2, 0.25) is 0 Å². The van der Waals surface area contributed by atoms with Gasteiger partial charge in [-0.2, -0.15) is 10.1 Å². The van der Waals surface area contributed by atoms with Crippen LogP contribution in [-0.2, 0) is 11.8 Å². The summed E-state index contributed by atoms with van der Waals surface area (Å²) in [5, 5.41) is 27.4. The number of aliphatic imine (C=N–C) groups is 1. The number of hydrogen-bond donors (Lipinski definition) is 0. The number of carbonyl (C=O) groups excluding carboxylic acids is 1. The number of amidine groups is 1. The summed E-state index contributed by atoms with van der Waals surface area (Å²) in [7, 11) is 1.73. The predicted molar refractivity (Wildman–Crippen MR) is 159 cm³/mol. The summed E-state index contributed by atoms with van der Waals surface area (Å²) in [6, 6.07) is 20.3.